The van der Waals surface area contributed by atoms with Crippen LogP contribution in [0.2, 0.25) is 0 Å². The first kappa shape index (κ1) is 16.9. The normalized spacial score (nSPS) is 28.0. The molecule has 1 aromatic carbocycles. The van der Waals surface area contributed by atoms with E-state index in [0.717, 1.165) is 0 Å². The van der Waals surface area contributed by atoms with Crippen LogP contribution in [0.25, 0.3) is 0 Å². The molecule has 22 heavy (non-hydrogen) atoms. The number of benzene rings is 1. The molecule has 120 valence electrons. The third-order valence-electron chi connectivity index (χ3n) is 3.34. The van der Waals surface area contributed by atoms with Gasteiger partial charge in [-0.2, -0.15) is 0 Å². The minimum absolute atomic E-state index is 0.163. The fourth-order valence-corrected chi connectivity index (χ4v) is 2.92. The van der Waals surface area contributed by atoms with E-state index in [-0.39, 0.29) is 12.3 Å². The van der Waals surface area contributed by atoms with Crippen LogP contribution in [-0.2, 0) is 14.3 Å². The Bertz CT molecular complexity index is 524. The van der Waals surface area contributed by atoms with Gasteiger partial charge in [0.05, 0.1) is 11.6 Å². The van der Waals surface area contributed by atoms with Gasteiger partial charge in [-0.15, -0.1) is 0 Å². The van der Waals surface area contributed by atoms with Gasteiger partial charge in [-0.1, -0.05) is 34.1 Å². The van der Waals surface area contributed by atoms with Gasteiger partial charge in [-0.25, -0.2) is 4.79 Å². The summed E-state index contributed by atoms with van der Waals surface area (Å²) in [6.07, 6.45) is -2.07. The average Bonchev–Trinajstić information content (AvgIpc) is 2.49. The maximum absolute atomic E-state index is 12.2. The summed E-state index contributed by atoms with van der Waals surface area (Å²) in [6.45, 7) is 1.38. The topological polar surface area (TPSA) is 84.9 Å². The van der Waals surface area contributed by atoms with E-state index in [4.69, 9.17) is 9.47 Å². The lowest BCUT2D eigenvalue weighted by Gasteiger charge is -2.39. The van der Waals surface area contributed by atoms with Crippen LogP contribution in [0.1, 0.15) is 23.7 Å². The first-order chi connectivity index (χ1) is 10.5. The average molecular weight is 372 g/mol. The Hall–Kier alpha value is -1.44. The number of halogens is 1. The van der Waals surface area contributed by atoms with Crippen LogP contribution >= 0.6 is 15.9 Å². The first-order valence-electron chi connectivity index (χ1n) is 6.94. The van der Waals surface area contributed by atoms with Gasteiger partial charge >= 0.3 is 5.97 Å². The van der Waals surface area contributed by atoms with Crippen LogP contribution in [-0.4, -0.2) is 46.9 Å². The second kappa shape index (κ2) is 7.71. The zero-order valence-corrected chi connectivity index (χ0v) is 13.7. The van der Waals surface area contributed by atoms with Crippen LogP contribution in [0.3, 0.4) is 0 Å². The molecule has 1 aliphatic rings. The van der Waals surface area contributed by atoms with Crippen molar-refractivity contribution in [1.29, 1.82) is 0 Å². The van der Waals surface area contributed by atoms with E-state index in [1.165, 1.54) is 6.92 Å². The number of carbonyl (C=O) groups is 2. The van der Waals surface area contributed by atoms with E-state index in [1.54, 1.807) is 30.3 Å². The van der Waals surface area contributed by atoms with Crippen molar-refractivity contribution < 1.29 is 24.2 Å². The van der Waals surface area contributed by atoms with Crippen molar-refractivity contribution in [3.05, 3.63) is 35.9 Å². The van der Waals surface area contributed by atoms with Crippen molar-refractivity contribution in [2.45, 2.75) is 37.9 Å². The Morgan fingerprint density at radius 1 is 1.41 bits per heavy atom. The molecule has 0 spiro atoms. The van der Waals surface area contributed by atoms with E-state index >= 15 is 0 Å². The molecule has 1 amide bonds. The summed E-state index contributed by atoms with van der Waals surface area (Å²) in [5.41, 5.74) is 0.420. The molecule has 1 fully saturated rings. The quantitative estimate of drug-likeness (QED) is 0.613. The lowest BCUT2D eigenvalue weighted by atomic mass is 9.99. The summed E-state index contributed by atoms with van der Waals surface area (Å²) >= 11 is 3.28. The molecule has 1 aromatic rings. The molecule has 4 atom stereocenters. The van der Waals surface area contributed by atoms with Gasteiger partial charge in [0.1, 0.15) is 12.2 Å². The van der Waals surface area contributed by atoms with Gasteiger partial charge in [0, 0.05) is 18.7 Å². The maximum atomic E-state index is 12.2. The van der Waals surface area contributed by atoms with Gasteiger partial charge in [-0.05, 0) is 12.1 Å². The monoisotopic (exact) mass is 371 g/mol. The van der Waals surface area contributed by atoms with E-state index in [2.05, 4.69) is 21.2 Å². The smallest absolute Gasteiger partial charge is 0.338 e. The highest BCUT2D eigenvalue weighted by molar-refractivity contribution is 9.09. The Morgan fingerprint density at radius 3 is 2.68 bits per heavy atom. The number of hydrogen-bond acceptors (Lipinski definition) is 5. The van der Waals surface area contributed by atoms with Crippen LogP contribution in [0.5, 0.6) is 0 Å². The molecule has 1 saturated heterocycles. The van der Waals surface area contributed by atoms with Crippen LogP contribution < -0.4 is 5.32 Å². The minimum atomic E-state index is -1.01. The van der Waals surface area contributed by atoms with Gasteiger partial charge < -0.3 is 19.9 Å². The standard InChI is InChI=1S/C15H18BrNO5/c1-9(18)17-11-7-13(19)21-12(8-16)14(11)22-15(20)10-5-3-2-4-6-10/h2-6,11-14,19H,7-8H2,1H3,(H,17,18)/t11-,12-,13+,14+/m1/s1. The molecule has 0 saturated carbocycles. The predicted octanol–water partition coefficient (Wildman–Crippen LogP) is 1.22. The number of esters is 1. The van der Waals surface area contributed by atoms with Crippen LogP contribution in [0.15, 0.2) is 30.3 Å². The molecule has 1 heterocycles. The number of hydrogen-bond donors (Lipinski definition) is 2. The second-order valence-electron chi connectivity index (χ2n) is 5.06. The number of ether oxygens (including phenoxy) is 2. The maximum Gasteiger partial charge on any atom is 0.338 e. The fourth-order valence-electron chi connectivity index (χ4n) is 2.40. The van der Waals surface area contributed by atoms with Crippen molar-refractivity contribution in [3.63, 3.8) is 0 Å². The number of aliphatic hydroxyl groups excluding tert-OH is 1. The third-order valence-corrected chi connectivity index (χ3v) is 3.98. The molecule has 6 nitrogen and oxygen atoms in total. The van der Waals surface area contributed by atoms with E-state index in [0.29, 0.717) is 10.9 Å². The van der Waals surface area contributed by atoms with Gasteiger partial charge in [0.25, 0.3) is 0 Å². The van der Waals surface area contributed by atoms with Gasteiger partial charge in [0.2, 0.25) is 5.91 Å². The molecular formula is C15H18BrNO5. The van der Waals surface area contributed by atoms with E-state index in [9.17, 15) is 14.7 Å². The molecule has 0 aromatic heterocycles. The SMILES string of the molecule is CC(=O)N[C@@H]1C[C@@H](O)O[C@H](CBr)[C@H]1OC(=O)c1ccccc1. The van der Waals surface area contributed by atoms with Crippen molar-refractivity contribution in [3.8, 4) is 0 Å². The summed E-state index contributed by atoms with van der Waals surface area (Å²) in [7, 11) is 0. The highest BCUT2D eigenvalue weighted by atomic mass is 79.9. The second-order valence-corrected chi connectivity index (χ2v) is 5.71. The lowest BCUT2D eigenvalue weighted by molar-refractivity contribution is -0.201. The number of alkyl halides is 1. The van der Waals surface area contributed by atoms with Gasteiger partial charge in [-0.3, -0.25) is 4.79 Å². The van der Waals surface area contributed by atoms with Gasteiger partial charge in [0.15, 0.2) is 6.29 Å². The summed E-state index contributed by atoms with van der Waals surface area (Å²) in [6, 6.07) is 8.08. The highest BCUT2D eigenvalue weighted by Gasteiger charge is 2.41. The third kappa shape index (κ3) is 4.28. The highest BCUT2D eigenvalue weighted by Crippen LogP contribution is 2.24. The summed E-state index contributed by atoms with van der Waals surface area (Å²) in [5.74, 6) is -0.750. The Labute approximate surface area is 136 Å². The van der Waals surface area contributed by atoms with Crippen LogP contribution in [0, 0.1) is 0 Å². The number of nitrogens with one attached hydrogen (secondary N) is 1. The zero-order chi connectivity index (χ0) is 16.1. The van der Waals surface area contributed by atoms with Crippen LogP contribution in [0.4, 0.5) is 0 Å². The van der Waals surface area contributed by atoms with E-state index in [1.807, 2.05) is 0 Å². The first-order valence-corrected chi connectivity index (χ1v) is 8.06. The molecule has 0 bridgehead atoms. The summed E-state index contributed by atoms with van der Waals surface area (Å²) < 4.78 is 10.9. The molecule has 0 unspecified atom stereocenters. The summed E-state index contributed by atoms with van der Waals surface area (Å²) in [5, 5.41) is 12.8. The summed E-state index contributed by atoms with van der Waals surface area (Å²) in [4.78, 5) is 23.5. The van der Waals surface area contributed by atoms with E-state index < -0.39 is 30.5 Å². The molecule has 1 aliphatic heterocycles. The molecule has 2 rings (SSSR count). The molecular weight excluding hydrogens is 354 g/mol. The minimum Gasteiger partial charge on any atom is -0.454 e. The number of amides is 1. The van der Waals surface area contributed by atoms with Crippen molar-refractivity contribution in [1.82, 2.24) is 5.32 Å². The Kier molecular flexibility index (Phi) is 5.93. The zero-order valence-electron chi connectivity index (χ0n) is 12.1. The number of rotatable bonds is 4. The van der Waals surface area contributed by atoms with Crippen molar-refractivity contribution in [2.75, 3.05) is 5.33 Å². The molecule has 7 heteroatoms. The van der Waals surface area contributed by atoms with Crippen molar-refractivity contribution in [2.24, 2.45) is 0 Å². The lowest BCUT2D eigenvalue weighted by Crippen LogP contribution is -2.57. The largest absolute Gasteiger partial charge is 0.454 e. The molecule has 2 N–H and O–H groups in total. The number of carbonyl (C=O) groups excluding carboxylic acids is 2. The predicted molar refractivity (Wildman–Crippen MR) is 82.5 cm³/mol. The molecule has 0 aliphatic carbocycles. The number of aliphatic hydroxyl groups is 1. The Balaban J connectivity index is 2.15. The van der Waals surface area contributed by atoms with Crippen molar-refractivity contribution >= 4 is 27.8 Å². The Morgan fingerprint density at radius 2 is 2.09 bits per heavy atom. The molecule has 0 radical (unpaired) electrons. The fraction of sp³-hybridized carbons (Fsp3) is 0.467.